The molecule has 16 heavy (non-hydrogen) atoms. The summed E-state index contributed by atoms with van der Waals surface area (Å²) in [5, 5.41) is 3.66. The molecule has 1 N–H and O–H groups in total. The molecule has 2 rings (SSSR count). The minimum atomic E-state index is 0.832. The van der Waals surface area contributed by atoms with Crippen LogP contribution in [-0.4, -0.2) is 19.0 Å². The van der Waals surface area contributed by atoms with Gasteiger partial charge in [0, 0.05) is 5.88 Å². The lowest BCUT2D eigenvalue weighted by molar-refractivity contribution is 0.318. The first-order valence-corrected chi connectivity index (χ1v) is 7.70. The molecule has 0 aromatic rings. The number of fused-ring (bicyclic) bond motifs is 2. The smallest absolute Gasteiger partial charge is 0.0223 e. The van der Waals surface area contributed by atoms with Crippen molar-refractivity contribution in [2.45, 2.75) is 51.4 Å². The van der Waals surface area contributed by atoms with Gasteiger partial charge in [-0.1, -0.05) is 19.3 Å². The van der Waals surface area contributed by atoms with E-state index in [0.717, 1.165) is 23.6 Å². The lowest BCUT2D eigenvalue weighted by atomic mass is 9.89. The number of hydrogen-bond acceptors (Lipinski definition) is 1. The average molecular weight is 244 g/mol. The standard InChI is InChI=1S/C14H26ClN/c15-7-3-1-2-4-8-16-11-14-10-12-5-6-13(14)9-12/h12-14,16H,1-11H2. The van der Waals surface area contributed by atoms with Crippen LogP contribution in [0.1, 0.15) is 51.4 Å². The van der Waals surface area contributed by atoms with Gasteiger partial charge in [-0.2, -0.15) is 0 Å². The Morgan fingerprint density at radius 2 is 1.88 bits per heavy atom. The van der Waals surface area contributed by atoms with E-state index in [9.17, 15) is 0 Å². The van der Waals surface area contributed by atoms with Gasteiger partial charge >= 0.3 is 0 Å². The molecule has 94 valence electrons. The molecule has 0 saturated heterocycles. The van der Waals surface area contributed by atoms with E-state index in [0.29, 0.717) is 0 Å². The first-order chi connectivity index (χ1) is 7.90. The molecule has 2 bridgehead atoms. The molecule has 0 aliphatic heterocycles. The summed E-state index contributed by atoms with van der Waals surface area (Å²) < 4.78 is 0. The SMILES string of the molecule is ClCCCCCCNCC1CC2CCC1C2. The Hall–Kier alpha value is 0.250. The number of rotatable bonds is 8. The third-order valence-corrected chi connectivity index (χ3v) is 4.80. The van der Waals surface area contributed by atoms with Crippen LogP contribution < -0.4 is 5.32 Å². The summed E-state index contributed by atoms with van der Waals surface area (Å²) >= 11 is 5.65. The zero-order valence-corrected chi connectivity index (χ0v) is 11.1. The van der Waals surface area contributed by atoms with Crippen molar-refractivity contribution in [1.82, 2.24) is 5.32 Å². The molecule has 0 radical (unpaired) electrons. The van der Waals surface area contributed by atoms with E-state index in [4.69, 9.17) is 11.6 Å². The first-order valence-electron chi connectivity index (χ1n) is 7.17. The van der Waals surface area contributed by atoms with Crippen LogP contribution >= 0.6 is 11.6 Å². The molecule has 2 aliphatic carbocycles. The van der Waals surface area contributed by atoms with Crippen LogP contribution in [0.2, 0.25) is 0 Å². The van der Waals surface area contributed by atoms with Gasteiger partial charge in [0.1, 0.15) is 0 Å². The lowest BCUT2D eigenvalue weighted by Crippen LogP contribution is -2.27. The summed E-state index contributed by atoms with van der Waals surface area (Å²) in [6, 6.07) is 0. The Kier molecular flexibility index (Phi) is 5.44. The van der Waals surface area contributed by atoms with Gasteiger partial charge in [-0.05, 0) is 62.9 Å². The maximum absolute atomic E-state index is 5.65. The molecule has 3 atom stereocenters. The number of alkyl halides is 1. The topological polar surface area (TPSA) is 12.0 Å². The normalized spacial score (nSPS) is 32.4. The van der Waals surface area contributed by atoms with E-state index in [1.54, 1.807) is 6.42 Å². The molecule has 0 amide bonds. The maximum atomic E-state index is 5.65. The van der Waals surface area contributed by atoms with Gasteiger partial charge in [0.15, 0.2) is 0 Å². The largest absolute Gasteiger partial charge is 0.316 e. The molecule has 0 heterocycles. The third kappa shape index (κ3) is 3.63. The van der Waals surface area contributed by atoms with Crippen LogP contribution in [0.25, 0.3) is 0 Å². The van der Waals surface area contributed by atoms with E-state index in [1.165, 1.54) is 58.0 Å². The Balaban J connectivity index is 1.43. The molecule has 2 fully saturated rings. The molecule has 2 saturated carbocycles. The van der Waals surface area contributed by atoms with Crippen molar-refractivity contribution < 1.29 is 0 Å². The van der Waals surface area contributed by atoms with Crippen molar-refractivity contribution in [2.24, 2.45) is 17.8 Å². The van der Waals surface area contributed by atoms with Gasteiger partial charge in [-0.25, -0.2) is 0 Å². The highest BCUT2D eigenvalue weighted by Gasteiger charge is 2.38. The molecule has 2 aliphatic rings. The summed E-state index contributed by atoms with van der Waals surface area (Å²) in [5.74, 6) is 4.02. The molecular formula is C14H26ClN. The van der Waals surface area contributed by atoms with E-state index < -0.39 is 0 Å². The van der Waals surface area contributed by atoms with E-state index >= 15 is 0 Å². The zero-order valence-electron chi connectivity index (χ0n) is 10.4. The van der Waals surface area contributed by atoms with Crippen LogP contribution in [0.5, 0.6) is 0 Å². The predicted molar refractivity (Wildman–Crippen MR) is 71.0 cm³/mol. The van der Waals surface area contributed by atoms with Gasteiger partial charge in [0.2, 0.25) is 0 Å². The zero-order chi connectivity index (χ0) is 11.2. The fraction of sp³-hybridized carbons (Fsp3) is 1.00. The van der Waals surface area contributed by atoms with Crippen LogP contribution in [-0.2, 0) is 0 Å². The average Bonchev–Trinajstić information content (AvgIpc) is 2.90. The second-order valence-electron chi connectivity index (χ2n) is 5.74. The van der Waals surface area contributed by atoms with Gasteiger partial charge in [-0.15, -0.1) is 11.6 Å². The van der Waals surface area contributed by atoms with E-state index in [-0.39, 0.29) is 0 Å². The monoisotopic (exact) mass is 243 g/mol. The lowest BCUT2D eigenvalue weighted by Gasteiger charge is -2.21. The van der Waals surface area contributed by atoms with E-state index in [1.807, 2.05) is 0 Å². The van der Waals surface area contributed by atoms with Crippen molar-refractivity contribution in [1.29, 1.82) is 0 Å². The van der Waals surface area contributed by atoms with Crippen molar-refractivity contribution in [3.05, 3.63) is 0 Å². The van der Waals surface area contributed by atoms with Crippen molar-refractivity contribution in [3.8, 4) is 0 Å². The summed E-state index contributed by atoms with van der Waals surface area (Å²) in [6.45, 7) is 2.51. The Morgan fingerprint density at radius 1 is 1.00 bits per heavy atom. The second kappa shape index (κ2) is 6.86. The molecule has 0 aromatic carbocycles. The van der Waals surface area contributed by atoms with Gasteiger partial charge in [0.25, 0.3) is 0 Å². The Labute approximate surface area is 105 Å². The van der Waals surface area contributed by atoms with Gasteiger partial charge < -0.3 is 5.32 Å². The molecule has 1 nitrogen and oxygen atoms in total. The molecule has 2 heteroatoms. The fourth-order valence-corrected chi connectivity index (χ4v) is 3.80. The summed E-state index contributed by atoms with van der Waals surface area (Å²) in [7, 11) is 0. The molecule has 0 aromatic heterocycles. The molecular weight excluding hydrogens is 218 g/mol. The highest BCUT2D eigenvalue weighted by molar-refractivity contribution is 6.17. The first kappa shape index (κ1) is 12.7. The summed E-state index contributed by atoms with van der Waals surface area (Å²) in [6.07, 6.45) is 11.3. The molecule has 3 unspecified atom stereocenters. The maximum Gasteiger partial charge on any atom is 0.0223 e. The highest BCUT2D eigenvalue weighted by atomic mass is 35.5. The van der Waals surface area contributed by atoms with Crippen molar-refractivity contribution >= 4 is 11.6 Å². The van der Waals surface area contributed by atoms with Gasteiger partial charge in [-0.3, -0.25) is 0 Å². The molecule has 0 spiro atoms. The highest BCUT2D eigenvalue weighted by Crippen LogP contribution is 2.47. The number of halogens is 1. The minimum Gasteiger partial charge on any atom is -0.316 e. The fourth-order valence-electron chi connectivity index (χ4n) is 3.61. The van der Waals surface area contributed by atoms with Gasteiger partial charge in [0.05, 0.1) is 0 Å². The predicted octanol–water partition coefficient (Wildman–Crippen LogP) is 3.81. The Bertz CT molecular complexity index is 195. The van der Waals surface area contributed by atoms with E-state index in [2.05, 4.69) is 5.32 Å². The quantitative estimate of drug-likeness (QED) is 0.505. The summed E-state index contributed by atoms with van der Waals surface area (Å²) in [5.41, 5.74) is 0. The summed E-state index contributed by atoms with van der Waals surface area (Å²) in [4.78, 5) is 0. The third-order valence-electron chi connectivity index (χ3n) is 4.53. The minimum absolute atomic E-state index is 0.832. The van der Waals surface area contributed by atoms with Crippen LogP contribution in [0.15, 0.2) is 0 Å². The Morgan fingerprint density at radius 3 is 2.56 bits per heavy atom. The number of unbranched alkanes of at least 4 members (excludes halogenated alkanes) is 3. The number of hydrogen-bond donors (Lipinski definition) is 1. The van der Waals surface area contributed by atoms with Crippen molar-refractivity contribution in [2.75, 3.05) is 19.0 Å². The van der Waals surface area contributed by atoms with Crippen LogP contribution in [0, 0.1) is 17.8 Å². The number of nitrogens with one attached hydrogen (secondary N) is 1. The van der Waals surface area contributed by atoms with Crippen molar-refractivity contribution in [3.63, 3.8) is 0 Å². The second-order valence-corrected chi connectivity index (χ2v) is 6.12. The van der Waals surface area contributed by atoms with Crippen LogP contribution in [0.3, 0.4) is 0 Å². The van der Waals surface area contributed by atoms with Crippen LogP contribution in [0.4, 0.5) is 0 Å².